The predicted octanol–water partition coefficient (Wildman–Crippen LogP) is 1.87. The number of H-pyrrole nitrogens is 1. The third kappa shape index (κ3) is 1.22. The van der Waals surface area contributed by atoms with E-state index in [1.54, 1.807) is 0 Å². The average Bonchev–Trinajstić information content (AvgIpc) is 2.27. The van der Waals surface area contributed by atoms with Gasteiger partial charge in [-0.15, -0.1) is 0 Å². The van der Waals surface area contributed by atoms with Gasteiger partial charge in [-0.25, -0.2) is 9.97 Å². The summed E-state index contributed by atoms with van der Waals surface area (Å²) in [6, 6.07) is 3.95. The zero-order valence-electron chi connectivity index (χ0n) is 5.93. The molecule has 0 radical (unpaired) electrons. The molecule has 2 aromatic rings. The van der Waals surface area contributed by atoms with Gasteiger partial charge >= 0.3 is 0 Å². The fourth-order valence-corrected chi connectivity index (χ4v) is 1.40. The van der Waals surface area contributed by atoms with Crippen LogP contribution in [-0.4, -0.2) is 15.0 Å². The van der Waals surface area contributed by atoms with Crippen LogP contribution >= 0.6 is 22.6 Å². The minimum Gasteiger partial charge on any atom is -0.341 e. The molecule has 3 nitrogen and oxygen atoms in total. The first-order valence-electron chi connectivity index (χ1n) is 3.24. The van der Waals surface area contributed by atoms with E-state index in [1.807, 2.05) is 19.1 Å². The quantitative estimate of drug-likeness (QED) is 0.579. The third-order valence-corrected chi connectivity index (χ3v) is 2.03. The van der Waals surface area contributed by atoms with Crippen molar-refractivity contribution in [2.24, 2.45) is 0 Å². The Morgan fingerprint density at radius 3 is 3.00 bits per heavy atom. The smallest absolute Gasteiger partial charge is 0.178 e. The van der Waals surface area contributed by atoms with Crippen LogP contribution in [-0.2, 0) is 0 Å². The predicted molar refractivity (Wildman–Crippen MR) is 51.3 cm³/mol. The number of hydrogen-bond donors (Lipinski definition) is 1. The van der Waals surface area contributed by atoms with E-state index < -0.39 is 0 Å². The molecule has 2 heterocycles. The number of pyridine rings is 1. The van der Waals surface area contributed by atoms with Gasteiger partial charge in [-0.05, 0) is 41.6 Å². The van der Waals surface area contributed by atoms with Crippen molar-refractivity contribution in [3.05, 3.63) is 21.7 Å². The van der Waals surface area contributed by atoms with E-state index in [2.05, 4.69) is 37.5 Å². The molecule has 0 spiro atoms. The molecule has 0 unspecified atom stereocenters. The molecule has 11 heavy (non-hydrogen) atoms. The number of aryl methyl sites for hydroxylation is 1. The van der Waals surface area contributed by atoms with Crippen molar-refractivity contribution in [2.45, 2.75) is 6.92 Å². The molecule has 0 aliphatic carbocycles. The molecule has 2 aromatic heterocycles. The highest BCUT2D eigenvalue weighted by atomic mass is 127. The van der Waals surface area contributed by atoms with E-state index in [0.29, 0.717) is 0 Å². The first-order chi connectivity index (χ1) is 5.25. The van der Waals surface area contributed by atoms with Crippen molar-refractivity contribution in [3.63, 3.8) is 0 Å². The number of aromatic amines is 1. The van der Waals surface area contributed by atoms with Gasteiger partial charge < -0.3 is 4.98 Å². The maximum Gasteiger partial charge on any atom is 0.178 e. The number of nitrogens with zero attached hydrogens (tertiary/aromatic N) is 2. The molecule has 1 N–H and O–H groups in total. The molecule has 4 heteroatoms. The van der Waals surface area contributed by atoms with Gasteiger partial charge in [0.1, 0.15) is 9.53 Å². The average molecular weight is 259 g/mol. The van der Waals surface area contributed by atoms with E-state index >= 15 is 0 Å². The molecule has 0 saturated carbocycles. The van der Waals surface area contributed by atoms with E-state index in [9.17, 15) is 0 Å². The van der Waals surface area contributed by atoms with Gasteiger partial charge in [0.2, 0.25) is 0 Å². The van der Waals surface area contributed by atoms with E-state index in [0.717, 1.165) is 20.7 Å². The van der Waals surface area contributed by atoms with E-state index in [4.69, 9.17) is 0 Å². The first kappa shape index (κ1) is 7.02. The largest absolute Gasteiger partial charge is 0.341 e. The summed E-state index contributed by atoms with van der Waals surface area (Å²) < 4.78 is 0.974. The van der Waals surface area contributed by atoms with E-state index in [1.165, 1.54) is 0 Å². The topological polar surface area (TPSA) is 41.6 Å². The second-order valence-electron chi connectivity index (χ2n) is 2.33. The van der Waals surface area contributed by atoms with Gasteiger partial charge in [0.15, 0.2) is 5.65 Å². The number of nitrogens with one attached hydrogen (secondary N) is 1. The molecule has 0 bridgehead atoms. The summed E-state index contributed by atoms with van der Waals surface area (Å²) in [7, 11) is 0. The fourth-order valence-electron chi connectivity index (χ4n) is 0.990. The van der Waals surface area contributed by atoms with E-state index in [-0.39, 0.29) is 0 Å². The summed E-state index contributed by atoms with van der Waals surface area (Å²) >= 11 is 2.17. The van der Waals surface area contributed by atoms with Crippen molar-refractivity contribution in [1.82, 2.24) is 15.0 Å². The minimum absolute atomic E-state index is 0.800. The van der Waals surface area contributed by atoms with Crippen LogP contribution in [0.2, 0.25) is 0 Å². The molecule has 0 aromatic carbocycles. The minimum atomic E-state index is 0.800. The molecule has 0 aliphatic rings. The Morgan fingerprint density at radius 2 is 2.18 bits per heavy atom. The Labute approximate surface area is 77.4 Å². The fraction of sp³-hybridized carbons (Fsp3) is 0.143. The number of imidazole rings is 1. The van der Waals surface area contributed by atoms with Crippen LogP contribution in [0.1, 0.15) is 5.82 Å². The molecule has 0 amide bonds. The number of rotatable bonds is 0. The van der Waals surface area contributed by atoms with Crippen LogP contribution in [0.5, 0.6) is 0 Å². The van der Waals surface area contributed by atoms with Crippen molar-refractivity contribution >= 4 is 33.8 Å². The number of halogens is 1. The number of aromatic nitrogens is 3. The summed E-state index contributed by atoms with van der Waals surface area (Å²) in [5.74, 6) is 0.912. The first-order valence-corrected chi connectivity index (χ1v) is 4.32. The van der Waals surface area contributed by atoms with Gasteiger partial charge in [-0.3, -0.25) is 0 Å². The second kappa shape index (κ2) is 2.44. The molecule has 0 saturated heterocycles. The number of fused-ring (bicyclic) bond motifs is 1. The highest BCUT2D eigenvalue weighted by Crippen LogP contribution is 2.10. The van der Waals surface area contributed by atoms with Crippen LogP contribution in [0.15, 0.2) is 12.1 Å². The van der Waals surface area contributed by atoms with Gasteiger partial charge in [-0.2, -0.15) is 0 Å². The SMILES string of the molecule is Cc1nc2nc(I)ccc2[nH]1. The van der Waals surface area contributed by atoms with Gasteiger partial charge in [-0.1, -0.05) is 0 Å². The van der Waals surface area contributed by atoms with Crippen LogP contribution in [0.4, 0.5) is 0 Å². The summed E-state index contributed by atoms with van der Waals surface area (Å²) in [5, 5.41) is 0. The molecular weight excluding hydrogens is 253 g/mol. The van der Waals surface area contributed by atoms with Crippen molar-refractivity contribution < 1.29 is 0 Å². The monoisotopic (exact) mass is 259 g/mol. The zero-order valence-corrected chi connectivity index (χ0v) is 8.08. The Bertz CT molecular complexity index is 393. The highest BCUT2D eigenvalue weighted by Gasteiger charge is 1.99. The van der Waals surface area contributed by atoms with Gasteiger partial charge in [0.05, 0.1) is 5.52 Å². The summed E-state index contributed by atoms with van der Waals surface area (Å²) in [6.45, 7) is 1.93. The molecule has 2 rings (SSSR count). The lowest BCUT2D eigenvalue weighted by molar-refractivity contribution is 1.16. The standard InChI is InChI=1S/C7H6IN3/c1-4-9-5-2-3-6(8)11-7(5)10-4/h2-3H,1H3,(H,9,10,11). The van der Waals surface area contributed by atoms with Crippen LogP contribution < -0.4 is 0 Å². The normalized spacial score (nSPS) is 10.7. The Hall–Kier alpha value is -0.650. The van der Waals surface area contributed by atoms with Crippen molar-refractivity contribution in [3.8, 4) is 0 Å². The number of hydrogen-bond acceptors (Lipinski definition) is 2. The lowest BCUT2D eigenvalue weighted by atomic mass is 10.4. The summed E-state index contributed by atoms with van der Waals surface area (Å²) in [6.07, 6.45) is 0. The molecule has 0 fully saturated rings. The molecule has 56 valence electrons. The lowest BCUT2D eigenvalue weighted by Crippen LogP contribution is -1.79. The Kier molecular flexibility index (Phi) is 1.56. The summed E-state index contributed by atoms with van der Waals surface area (Å²) in [5.41, 5.74) is 1.80. The summed E-state index contributed by atoms with van der Waals surface area (Å²) in [4.78, 5) is 11.6. The van der Waals surface area contributed by atoms with Gasteiger partial charge in [0, 0.05) is 0 Å². The zero-order chi connectivity index (χ0) is 7.84. The van der Waals surface area contributed by atoms with Crippen LogP contribution in [0, 0.1) is 10.6 Å². The molecule has 0 aliphatic heterocycles. The lowest BCUT2D eigenvalue weighted by Gasteiger charge is -1.86. The Balaban J connectivity index is 2.82. The Morgan fingerprint density at radius 1 is 1.36 bits per heavy atom. The molecule has 0 atom stereocenters. The third-order valence-electron chi connectivity index (χ3n) is 1.43. The highest BCUT2D eigenvalue weighted by molar-refractivity contribution is 14.1. The second-order valence-corrected chi connectivity index (χ2v) is 3.43. The molecular formula is C7H6IN3. The maximum atomic E-state index is 4.24. The van der Waals surface area contributed by atoms with Crippen molar-refractivity contribution in [2.75, 3.05) is 0 Å². The maximum absolute atomic E-state index is 4.24. The van der Waals surface area contributed by atoms with Crippen molar-refractivity contribution in [1.29, 1.82) is 0 Å². The van der Waals surface area contributed by atoms with Crippen LogP contribution in [0.25, 0.3) is 11.2 Å². The van der Waals surface area contributed by atoms with Gasteiger partial charge in [0.25, 0.3) is 0 Å². The van der Waals surface area contributed by atoms with Crippen LogP contribution in [0.3, 0.4) is 0 Å².